The molecule has 0 bridgehead atoms. The van der Waals surface area contributed by atoms with Crippen molar-refractivity contribution >= 4 is 18.9 Å². The number of carbonyl (C=O) groups excluding carboxylic acids is 1. The third kappa shape index (κ3) is 3.68. The molecule has 1 N–H and O–H groups in total. The normalized spacial score (nSPS) is 18.8. The summed E-state index contributed by atoms with van der Waals surface area (Å²) in [5.41, 5.74) is 2.52. The van der Waals surface area contributed by atoms with Crippen molar-refractivity contribution in [2.45, 2.75) is 52.1 Å². The van der Waals surface area contributed by atoms with Crippen LogP contribution in [0.1, 0.15) is 43.7 Å². The summed E-state index contributed by atoms with van der Waals surface area (Å²) in [6.07, 6.45) is 7.21. The van der Waals surface area contributed by atoms with Crippen LogP contribution < -0.4 is 5.32 Å². The first-order valence-corrected chi connectivity index (χ1v) is 11.0. The van der Waals surface area contributed by atoms with Crippen molar-refractivity contribution in [3.63, 3.8) is 0 Å². The maximum Gasteiger partial charge on any atom is 0.265 e. The van der Waals surface area contributed by atoms with E-state index in [0.717, 1.165) is 23.2 Å². The molecule has 22 heavy (non-hydrogen) atoms. The second-order valence-electron chi connectivity index (χ2n) is 6.82. The van der Waals surface area contributed by atoms with Crippen molar-refractivity contribution in [1.29, 1.82) is 0 Å². The molecule has 0 aliphatic carbocycles. The first-order valence-electron chi connectivity index (χ1n) is 8.29. The molecule has 1 amide bonds. The van der Waals surface area contributed by atoms with Crippen LogP contribution in [-0.4, -0.2) is 30.6 Å². The van der Waals surface area contributed by atoms with E-state index in [1.807, 2.05) is 13.8 Å². The van der Waals surface area contributed by atoms with Crippen LogP contribution in [0.5, 0.6) is 0 Å². The predicted octanol–water partition coefficient (Wildman–Crippen LogP) is 4.99. The van der Waals surface area contributed by atoms with Crippen LogP contribution in [0.2, 0.25) is 0 Å². The lowest BCUT2D eigenvalue weighted by molar-refractivity contribution is -0.115. The highest BCUT2D eigenvalue weighted by Crippen LogP contribution is 2.63. The molecule has 0 radical (unpaired) electrons. The van der Waals surface area contributed by atoms with Gasteiger partial charge in [0, 0.05) is 19.6 Å². The third-order valence-electron chi connectivity index (χ3n) is 5.03. The average molecular weight is 324 g/mol. The molecular weight excluding hydrogens is 296 g/mol. The van der Waals surface area contributed by atoms with Crippen LogP contribution in [0.3, 0.4) is 0 Å². The van der Waals surface area contributed by atoms with Gasteiger partial charge in [-0.05, 0) is 62.8 Å². The molecule has 4 heteroatoms. The number of carbonyl (C=O) groups is 1. The Balaban J connectivity index is 2.20. The van der Waals surface area contributed by atoms with E-state index in [-0.39, 0.29) is 17.4 Å². The largest absolute Gasteiger partial charge is 0.322 e. The monoisotopic (exact) mass is 324 g/mol. The zero-order chi connectivity index (χ0) is 16.3. The Kier molecular flexibility index (Phi) is 5.60. The molecule has 122 valence electrons. The average Bonchev–Trinajstić information content (AvgIpc) is 2.44. The van der Waals surface area contributed by atoms with Gasteiger partial charge in [0.15, 0.2) is 0 Å². The predicted molar refractivity (Wildman–Crippen MR) is 95.0 cm³/mol. The van der Waals surface area contributed by atoms with Gasteiger partial charge >= 0.3 is 0 Å². The van der Waals surface area contributed by atoms with Crippen molar-refractivity contribution in [1.82, 2.24) is 0 Å². The maximum absolute atomic E-state index is 13.4. The number of hydrogen-bond acceptors (Lipinski definition) is 1. The lowest BCUT2D eigenvalue weighted by atomic mass is 10.1. The number of aryl methyl sites for hydroxylation is 2. The van der Waals surface area contributed by atoms with E-state index in [9.17, 15) is 9.18 Å². The van der Waals surface area contributed by atoms with Crippen LogP contribution in [0.25, 0.3) is 0 Å². The molecule has 1 aromatic rings. The molecule has 1 heterocycles. The van der Waals surface area contributed by atoms with Gasteiger partial charge in [-0.1, -0.05) is 6.92 Å². The second kappa shape index (κ2) is 7.08. The first kappa shape index (κ1) is 17.4. The number of nitrogens with one attached hydrogen (secondary N) is 1. The lowest BCUT2D eigenvalue weighted by Crippen LogP contribution is -2.33. The first-order chi connectivity index (χ1) is 10.4. The molecule has 0 spiro atoms. The minimum absolute atomic E-state index is 0.136. The van der Waals surface area contributed by atoms with Crippen LogP contribution in [0, 0.1) is 19.7 Å². The Morgan fingerprint density at radius 1 is 1.23 bits per heavy atom. The Morgan fingerprint density at radius 2 is 1.77 bits per heavy atom. The molecule has 2 nitrogen and oxygen atoms in total. The van der Waals surface area contributed by atoms with Crippen molar-refractivity contribution in [3.05, 3.63) is 29.1 Å². The van der Waals surface area contributed by atoms with E-state index in [4.69, 9.17) is 0 Å². The van der Waals surface area contributed by atoms with Crippen LogP contribution in [0.15, 0.2) is 12.1 Å². The molecule has 2 rings (SSSR count). The van der Waals surface area contributed by atoms with E-state index in [1.54, 1.807) is 0 Å². The number of amides is 1. The highest BCUT2D eigenvalue weighted by Gasteiger charge is 2.45. The molecule has 1 fully saturated rings. The van der Waals surface area contributed by atoms with Crippen LogP contribution in [0.4, 0.5) is 10.1 Å². The Hall–Kier alpha value is -0.950. The molecule has 1 unspecified atom stereocenters. The van der Waals surface area contributed by atoms with Crippen LogP contribution >= 0.6 is 7.26 Å². The van der Waals surface area contributed by atoms with Gasteiger partial charge < -0.3 is 5.32 Å². The van der Waals surface area contributed by atoms with Gasteiger partial charge in [0.25, 0.3) is 5.91 Å². The fourth-order valence-corrected chi connectivity index (χ4v) is 8.02. The van der Waals surface area contributed by atoms with E-state index in [0.29, 0.717) is 0 Å². The lowest BCUT2D eigenvalue weighted by Gasteiger charge is -2.33. The second-order valence-corrected chi connectivity index (χ2v) is 11.3. The zero-order valence-corrected chi connectivity index (χ0v) is 15.1. The molecule has 1 aromatic carbocycles. The molecule has 0 saturated carbocycles. The number of rotatable bonds is 4. The Morgan fingerprint density at radius 3 is 2.27 bits per heavy atom. The van der Waals surface area contributed by atoms with E-state index in [1.165, 1.54) is 43.7 Å². The molecule has 1 saturated heterocycles. The number of halogens is 1. The summed E-state index contributed by atoms with van der Waals surface area (Å²) in [5.74, 6) is -0.107. The standard InChI is InChI=1S/C18H27FNOP/c1-5-16(22(4)9-7-6-8-10-22)18(21)20-17-13(2)11-15(19)12-14(17)3/h11-12,16H,5-10H2,1-4H3/p+1. The molecule has 1 atom stereocenters. The smallest absolute Gasteiger partial charge is 0.265 e. The molecular formula is C18H28FNOP+. The molecule has 1 aliphatic rings. The maximum atomic E-state index is 13.4. The number of hydrogen-bond donors (Lipinski definition) is 1. The third-order valence-corrected chi connectivity index (χ3v) is 9.81. The van der Waals surface area contributed by atoms with Gasteiger partial charge in [-0.15, -0.1) is 0 Å². The van der Waals surface area contributed by atoms with E-state index < -0.39 is 7.26 Å². The van der Waals surface area contributed by atoms with Crippen molar-refractivity contribution in [3.8, 4) is 0 Å². The van der Waals surface area contributed by atoms with Gasteiger partial charge in [-0.25, -0.2) is 4.39 Å². The highest BCUT2D eigenvalue weighted by atomic mass is 31.2. The van der Waals surface area contributed by atoms with Gasteiger partial charge in [0.1, 0.15) is 11.5 Å². The summed E-state index contributed by atoms with van der Waals surface area (Å²) in [6, 6.07) is 2.97. The van der Waals surface area contributed by atoms with Gasteiger partial charge in [-0.3, -0.25) is 4.79 Å². The molecule has 1 aliphatic heterocycles. The fraction of sp³-hybridized carbons (Fsp3) is 0.611. The summed E-state index contributed by atoms with van der Waals surface area (Å²) >= 11 is 0. The summed E-state index contributed by atoms with van der Waals surface area (Å²) in [4.78, 5) is 12.9. The highest BCUT2D eigenvalue weighted by molar-refractivity contribution is 7.76. The van der Waals surface area contributed by atoms with E-state index in [2.05, 4.69) is 18.9 Å². The summed E-state index contributed by atoms with van der Waals surface area (Å²) in [5, 5.41) is 3.10. The number of anilines is 1. The van der Waals surface area contributed by atoms with Crippen molar-refractivity contribution < 1.29 is 9.18 Å². The SMILES string of the molecule is CCC(C(=O)Nc1c(C)cc(F)cc1C)[P+]1(C)CCCCC1. The van der Waals surface area contributed by atoms with Crippen molar-refractivity contribution in [2.75, 3.05) is 24.3 Å². The quantitative estimate of drug-likeness (QED) is 0.777. The summed E-state index contributed by atoms with van der Waals surface area (Å²) < 4.78 is 13.4. The number of benzene rings is 1. The van der Waals surface area contributed by atoms with Gasteiger partial charge in [-0.2, -0.15) is 0 Å². The molecule has 0 aromatic heterocycles. The van der Waals surface area contributed by atoms with Gasteiger partial charge in [0.05, 0.1) is 12.3 Å². The van der Waals surface area contributed by atoms with Gasteiger partial charge in [0.2, 0.25) is 0 Å². The fourth-order valence-electron chi connectivity index (χ4n) is 3.77. The van der Waals surface area contributed by atoms with E-state index >= 15 is 0 Å². The Bertz CT molecular complexity index is 529. The van der Waals surface area contributed by atoms with Crippen LogP contribution in [-0.2, 0) is 4.79 Å². The Labute approximate surface area is 134 Å². The minimum atomic E-state index is -1.19. The topological polar surface area (TPSA) is 29.1 Å². The minimum Gasteiger partial charge on any atom is -0.322 e. The van der Waals surface area contributed by atoms with Crippen molar-refractivity contribution in [2.24, 2.45) is 0 Å². The summed E-state index contributed by atoms with van der Waals surface area (Å²) in [7, 11) is -1.19. The summed E-state index contributed by atoms with van der Waals surface area (Å²) in [6.45, 7) is 8.19. The zero-order valence-electron chi connectivity index (χ0n) is 14.2.